The van der Waals surface area contributed by atoms with Gasteiger partial charge in [-0.1, -0.05) is 30.3 Å². The highest BCUT2D eigenvalue weighted by Crippen LogP contribution is 2.37. The number of cyclic esters (lactones) is 1. The van der Waals surface area contributed by atoms with Crippen molar-refractivity contribution in [1.82, 2.24) is 9.80 Å². The molecular formula is C26H32N2O6. The summed E-state index contributed by atoms with van der Waals surface area (Å²) < 4.78 is 16.7. The highest BCUT2D eigenvalue weighted by molar-refractivity contribution is 5.94. The second-order valence-electron chi connectivity index (χ2n) is 9.81. The van der Waals surface area contributed by atoms with Crippen molar-refractivity contribution in [3.63, 3.8) is 0 Å². The van der Waals surface area contributed by atoms with E-state index < -0.39 is 23.8 Å². The first-order chi connectivity index (χ1) is 16.2. The molecule has 182 valence electrons. The van der Waals surface area contributed by atoms with E-state index >= 15 is 0 Å². The molecule has 2 heterocycles. The summed E-state index contributed by atoms with van der Waals surface area (Å²) in [5.74, 6) is 0.192. The summed E-state index contributed by atoms with van der Waals surface area (Å²) in [5.41, 5.74) is 1.90. The Labute approximate surface area is 200 Å². The number of carbonyl (C=O) groups is 3. The van der Waals surface area contributed by atoms with Gasteiger partial charge in [-0.25, -0.2) is 14.4 Å². The highest BCUT2D eigenvalue weighted by atomic mass is 16.6. The van der Waals surface area contributed by atoms with Gasteiger partial charge in [0.2, 0.25) is 0 Å². The van der Waals surface area contributed by atoms with E-state index in [-0.39, 0.29) is 25.7 Å². The SMILES string of the molecule is CC(C)(C)OC(=O)N1CCN(C(=O)OCc2ccccc2)CC1C=C1OC(=O)C2=C1CCCC2. The van der Waals surface area contributed by atoms with Crippen molar-refractivity contribution in [2.24, 2.45) is 0 Å². The van der Waals surface area contributed by atoms with Gasteiger partial charge in [0.1, 0.15) is 18.0 Å². The van der Waals surface area contributed by atoms with Gasteiger partial charge in [0.15, 0.2) is 0 Å². The second kappa shape index (κ2) is 9.91. The molecule has 0 saturated carbocycles. The molecule has 1 aromatic carbocycles. The van der Waals surface area contributed by atoms with E-state index in [4.69, 9.17) is 14.2 Å². The van der Waals surface area contributed by atoms with Crippen molar-refractivity contribution >= 4 is 18.2 Å². The van der Waals surface area contributed by atoms with Crippen LogP contribution >= 0.6 is 0 Å². The van der Waals surface area contributed by atoms with Gasteiger partial charge in [-0.15, -0.1) is 0 Å². The number of ether oxygens (including phenoxy) is 3. The molecule has 4 rings (SSSR count). The number of piperazine rings is 1. The molecule has 0 spiro atoms. The van der Waals surface area contributed by atoms with Crippen LogP contribution in [-0.2, 0) is 25.6 Å². The number of carbonyl (C=O) groups excluding carboxylic acids is 3. The number of hydrogen-bond acceptors (Lipinski definition) is 6. The molecule has 1 unspecified atom stereocenters. The number of esters is 1. The Morgan fingerprint density at radius 3 is 2.47 bits per heavy atom. The molecule has 2 aliphatic heterocycles. The molecule has 0 aromatic heterocycles. The molecule has 1 saturated heterocycles. The van der Waals surface area contributed by atoms with E-state index in [2.05, 4.69) is 0 Å². The van der Waals surface area contributed by atoms with Gasteiger partial charge < -0.3 is 19.1 Å². The fraction of sp³-hybridized carbons (Fsp3) is 0.500. The van der Waals surface area contributed by atoms with E-state index in [1.54, 1.807) is 15.9 Å². The Kier molecular flexibility index (Phi) is 6.95. The van der Waals surface area contributed by atoms with Gasteiger partial charge >= 0.3 is 18.2 Å². The molecule has 3 aliphatic rings. The largest absolute Gasteiger partial charge is 0.445 e. The van der Waals surface area contributed by atoms with Crippen LogP contribution in [0.4, 0.5) is 9.59 Å². The molecule has 8 heteroatoms. The molecule has 1 atom stereocenters. The van der Waals surface area contributed by atoms with Crippen LogP contribution in [0.15, 0.2) is 53.3 Å². The molecule has 2 amide bonds. The standard InChI is InChI=1S/C26H32N2O6/c1-26(2,3)34-25(31)28-14-13-27(24(30)32-17-18-9-5-4-6-10-18)16-19(28)15-22-20-11-7-8-12-21(20)23(29)33-22/h4-6,9-10,15,19H,7-8,11-14,16-17H2,1-3H3. The van der Waals surface area contributed by atoms with E-state index in [9.17, 15) is 14.4 Å². The zero-order chi connectivity index (χ0) is 24.3. The fourth-order valence-electron chi connectivity index (χ4n) is 4.41. The molecular weight excluding hydrogens is 436 g/mol. The van der Waals surface area contributed by atoms with Crippen molar-refractivity contribution in [3.05, 3.63) is 58.9 Å². The second-order valence-corrected chi connectivity index (χ2v) is 9.81. The van der Waals surface area contributed by atoms with E-state index in [0.717, 1.165) is 36.0 Å². The van der Waals surface area contributed by atoms with Gasteiger partial charge in [0, 0.05) is 30.8 Å². The maximum absolute atomic E-state index is 13.0. The third-order valence-electron chi connectivity index (χ3n) is 6.07. The Hall–Kier alpha value is -3.29. The van der Waals surface area contributed by atoms with Crippen LogP contribution in [0.2, 0.25) is 0 Å². The Bertz CT molecular complexity index is 1010. The van der Waals surface area contributed by atoms with E-state index in [0.29, 0.717) is 18.7 Å². The molecule has 0 radical (unpaired) electrons. The summed E-state index contributed by atoms with van der Waals surface area (Å²) in [5, 5.41) is 0. The predicted octanol–water partition coefficient (Wildman–Crippen LogP) is 4.56. The lowest BCUT2D eigenvalue weighted by Crippen LogP contribution is -2.56. The topological polar surface area (TPSA) is 85.4 Å². The maximum Gasteiger partial charge on any atom is 0.410 e. The average Bonchev–Trinajstić information content (AvgIpc) is 3.12. The minimum atomic E-state index is -0.653. The number of rotatable bonds is 3. The summed E-state index contributed by atoms with van der Waals surface area (Å²) in [6, 6.07) is 8.96. The molecule has 8 nitrogen and oxygen atoms in total. The monoisotopic (exact) mass is 468 g/mol. The maximum atomic E-state index is 13.0. The van der Waals surface area contributed by atoms with Crippen LogP contribution < -0.4 is 0 Å². The van der Waals surface area contributed by atoms with Gasteiger partial charge in [0.05, 0.1) is 6.04 Å². The lowest BCUT2D eigenvalue weighted by molar-refractivity contribution is -0.133. The first-order valence-electron chi connectivity index (χ1n) is 11.8. The van der Waals surface area contributed by atoms with Gasteiger partial charge in [-0.05, 0) is 58.1 Å². The molecule has 0 N–H and O–H groups in total. The quantitative estimate of drug-likeness (QED) is 0.478. The van der Waals surface area contributed by atoms with Crippen LogP contribution in [-0.4, -0.2) is 59.2 Å². The van der Waals surface area contributed by atoms with Crippen LogP contribution in [0.25, 0.3) is 0 Å². The first kappa shape index (κ1) is 23.9. The van der Waals surface area contributed by atoms with Crippen molar-refractivity contribution in [2.75, 3.05) is 19.6 Å². The summed E-state index contributed by atoms with van der Waals surface area (Å²) in [6.45, 7) is 6.43. The third-order valence-corrected chi connectivity index (χ3v) is 6.07. The molecule has 1 fully saturated rings. The van der Waals surface area contributed by atoms with E-state index in [1.165, 1.54) is 0 Å². The van der Waals surface area contributed by atoms with Crippen LogP contribution in [0.1, 0.15) is 52.0 Å². The predicted molar refractivity (Wildman–Crippen MR) is 125 cm³/mol. The molecule has 34 heavy (non-hydrogen) atoms. The van der Waals surface area contributed by atoms with Gasteiger partial charge in [-0.3, -0.25) is 4.90 Å². The van der Waals surface area contributed by atoms with Crippen LogP contribution in [0.5, 0.6) is 0 Å². The number of benzene rings is 1. The van der Waals surface area contributed by atoms with Crippen LogP contribution in [0.3, 0.4) is 0 Å². The zero-order valence-electron chi connectivity index (χ0n) is 20.0. The smallest absolute Gasteiger partial charge is 0.410 e. The molecule has 0 bridgehead atoms. The van der Waals surface area contributed by atoms with Crippen molar-refractivity contribution in [2.45, 2.75) is 64.7 Å². The Morgan fingerprint density at radius 1 is 1.06 bits per heavy atom. The summed E-state index contributed by atoms with van der Waals surface area (Å²) in [7, 11) is 0. The Morgan fingerprint density at radius 2 is 1.76 bits per heavy atom. The number of nitrogens with zero attached hydrogens (tertiary/aromatic N) is 2. The normalized spacial score (nSPS) is 21.9. The first-order valence-corrected chi connectivity index (χ1v) is 11.8. The van der Waals surface area contributed by atoms with Gasteiger partial charge in [0.25, 0.3) is 0 Å². The average molecular weight is 469 g/mol. The van der Waals surface area contributed by atoms with Crippen molar-refractivity contribution in [1.29, 1.82) is 0 Å². The Balaban J connectivity index is 1.52. The lowest BCUT2D eigenvalue weighted by Gasteiger charge is -2.40. The minimum absolute atomic E-state index is 0.172. The number of amides is 2. The molecule has 1 aromatic rings. The summed E-state index contributed by atoms with van der Waals surface area (Å²) in [6.07, 6.45) is 4.32. The summed E-state index contributed by atoms with van der Waals surface area (Å²) in [4.78, 5) is 41.3. The minimum Gasteiger partial charge on any atom is -0.445 e. The van der Waals surface area contributed by atoms with Gasteiger partial charge in [-0.2, -0.15) is 0 Å². The third kappa shape index (κ3) is 5.61. The zero-order valence-corrected chi connectivity index (χ0v) is 20.0. The number of hydrogen-bond donors (Lipinski definition) is 0. The fourth-order valence-corrected chi connectivity index (χ4v) is 4.41. The van der Waals surface area contributed by atoms with E-state index in [1.807, 2.05) is 51.1 Å². The molecule has 1 aliphatic carbocycles. The van der Waals surface area contributed by atoms with Crippen molar-refractivity contribution < 1.29 is 28.6 Å². The van der Waals surface area contributed by atoms with Crippen molar-refractivity contribution in [3.8, 4) is 0 Å². The highest BCUT2D eigenvalue weighted by Gasteiger charge is 2.37. The summed E-state index contributed by atoms with van der Waals surface area (Å²) >= 11 is 0. The lowest BCUT2D eigenvalue weighted by atomic mass is 9.91. The van der Waals surface area contributed by atoms with Crippen LogP contribution in [0, 0.1) is 0 Å². The number of allylic oxidation sites excluding steroid dienone is 1.